The molecule has 2 heterocycles. The first kappa shape index (κ1) is 12.8. The smallest absolute Gasteiger partial charge is 0.325 e. The van der Waals surface area contributed by atoms with E-state index in [1.807, 2.05) is 0 Å². The van der Waals surface area contributed by atoms with Gasteiger partial charge in [0.2, 0.25) is 0 Å². The lowest BCUT2D eigenvalue weighted by Gasteiger charge is -2.19. The number of carbonyl (C=O) groups excluding carboxylic acids is 2. The van der Waals surface area contributed by atoms with Crippen molar-refractivity contribution in [3.8, 4) is 0 Å². The number of rotatable bonds is 2. The molecule has 2 fully saturated rings. The summed E-state index contributed by atoms with van der Waals surface area (Å²) in [5.41, 5.74) is 5.69. The summed E-state index contributed by atoms with van der Waals surface area (Å²) in [7, 11) is 0. The Labute approximate surface area is 116 Å². The van der Waals surface area contributed by atoms with Crippen LogP contribution in [0.3, 0.4) is 0 Å². The molecule has 0 radical (unpaired) electrons. The van der Waals surface area contributed by atoms with Crippen LogP contribution in [0.4, 0.5) is 10.6 Å². The quantitative estimate of drug-likeness (QED) is 0.775. The number of hydrogen-bond donors (Lipinski definition) is 2. The summed E-state index contributed by atoms with van der Waals surface area (Å²) in [6, 6.07) is 1.29. The fourth-order valence-corrected chi connectivity index (χ4v) is 3.01. The lowest BCUT2D eigenvalue weighted by atomic mass is 9.98. The molecule has 0 unspecified atom stereocenters. The molecule has 1 aromatic heterocycles. The first-order valence-corrected chi connectivity index (χ1v) is 6.74. The van der Waals surface area contributed by atoms with Gasteiger partial charge < -0.3 is 11.1 Å². The van der Waals surface area contributed by atoms with Crippen molar-refractivity contribution in [2.45, 2.75) is 44.7 Å². The third kappa shape index (κ3) is 1.99. The Bertz CT molecular complexity index is 560. The van der Waals surface area contributed by atoms with Crippen LogP contribution in [-0.4, -0.2) is 32.3 Å². The van der Waals surface area contributed by atoms with Crippen LogP contribution in [0.2, 0.25) is 0 Å². The molecule has 0 bridgehead atoms. The summed E-state index contributed by atoms with van der Waals surface area (Å²) in [6.07, 6.45) is 3.36. The Kier molecular flexibility index (Phi) is 2.84. The normalized spacial score (nSPS) is 20.8. The molecule has 3 rings (SSSR count). The number of nitrogens with zero attached hydrogens (tertiary/aromatic N) is 3. The van der Waals surface area contributed by atoms with Gasteiger partial charge in [-0.1, -0.05) is 12.8 Å². The van der Waals surface area contributed by atoms with E-state index < -0.39 is 5.54 Å². The zero-order valence-electron chi connectivity index (χ0n) is 11.3. The Balaban J connectivity index is 1.84. The van der Waals surface area contributed by atoms with Crippen molar-refractivity contribution in [1.29, 1.82) is 0 Å². The van der Waals surface area contributed by atoms with Crippen LogP contribution in [0.1, 0.15) is 37.2 Å². The minimum Gasteiger partial charge on any atom is -0.384 e. The maximum Gasteiger partial charge on any atom is 0.325 e. The lowest BCUT2D eigenvalue weighted by molar-refractivity contribution is -0.131. The number of carbonyl (C=O) groups is 2. The summed E-state index contributed by atoms with van der Waals surface area (Å²) in [6.45, 7) is 1.87. The first-order chi connectivity index (χ1) is 9.50. The van der Waals surface area contributed by atoms with Gasteiger partial charge in [-0.25, -0.2) is 14.8 Å². The molecule has 1 aromatic rings. The number of anilines is 1. The molecule has 1 aliphatic carbocycles. The van der Waals surface area contributed by atoms with Crippen LogP contribution in [0.25, 0.3) is 0 Å². The highest BCUT2D eigenvalue weighted by Gasteiger charge is 2.52. The van der Waals surface area contributed by atoms with Gasteiger partial charge in [0.05, 0.1) is 6.54 Å². The molecule has 0 aromatic carbocycles. The Hall–Kier alpha value is -2.18. The van der Waals surface area contributed by atoms with Gasteiger partial charge in [0, 0.05) is 11.8 Å². The van der Waals surface area contributed by atoms with Gasteiger partial charge in [0.1, 0.15) is 11.4 Å². The molecule has 1 spiro atoms. The number of hydrogen-bond acceptors (Lipinski definition) is 5. The summed E-state index contributed by atoms with van der Waals surface area (Å²) in [4.78, 5) is 34.0. The fourth-order valence-electron chi connectivity index (χ4n) is 3.01. The van der Waals surface area contributed by atoms with Gasteiger partial charge in [-0.2, -0.15) is 0 Å². The third-order valence-electron chi connectivity index (χ3n) is 3.92. The Morgan fingerprint density at radius 3 is 2.70 bits per heavy atom. The van der Waals surface area contributed by atoms with Crippen molar-refractivity contribution in [2.24, 2.45) is 0 Å². The van der Waals surface area contributed by atoms with Gasteiger partial charge in [0.25, 0.3) is 5.91 Å². The van der Waals surface area contributed by atoms with Crippen molar-refractivity contribution in [3.63, 3.8) is 0 Å². The predicted molar refractivity (Wildman–Crippen MR) is 71.5 cm³/mol. The van der Waals surface area contributed by atoms with Crippen LogP contribution < -0.4 is 11.1 Å². The van der Waals surface area contributed by atoms with Crippen molar-refractivity contribution in [3.05, 3.63) is 17.6 Å². The Morgan fingerprint density at radius 1 is 1.35 bits per heavy atom. The number of imide groups is 1. The van der Waals surface area contributed by atoms with E-state index in [0.717, 1.165) is 18.5 Å². The van der Waals surface area contributed by atoms with Crippen LogP contribution in [-0.2, 0) is 11.3 Å². The number of nitrogens with two attached hydrogens (primary N) is 1. The second-order valence-corrected chi connectivity index (χ2v) is 5.46. The second kappa shape index (κ2) is 4.43. The molecular formula is C13H17N5O2. The number of amides is 3. The predicted octanol–water partition coefficient (Wildman–Crippen LogP) is 0.732. The maximum absolute atomic E-state index is 12.5. The molecule has 7 nitrogen and oxygen atoms in total. The molecule has 0 atom stereocenters. The third-order valence-corrected chi connectivity index (χ3v) is 3.92. The average molecular weight is 275 g/mol. The average Bonchev–Trinajstić information content (AvgIpc) is 2.90. The highest BCUT2D eigenvalue weighted by molar-refractivity contribution is 6.07. The summed E-state index contributed by atoms with van der Waals surface area (Å²) in [5.74, 6) is 0.569. The number of urea groups is 1. The van der Waals surface area contributed by atoms with Gasteiger partial charge >= 0.3 is 6.03 Å². The zero-order chi connectivity index (χ0) is 14.3. The summed E-state index contributed by atoms with van der Waals surface area (Å²) < 4.78 is 0. The van der Waals surface area contributed by atoms with E-state index in [1.165, 1.54) is 4.90 Å². The van der Waals surface area contributed by atoms with E-state index in [9.17, 15) is 9.59 Å². The second-order valence-electron chi connectivity index (χ2n) is 5.46. The topological polar surface area (TPSA) is 101 Å². The number of nitrogen functional groups attached to an aromatic ring is 1. The van der Waals surface area contributed by atoms with E-state index in [0.29, 0.717) is 24.5 Å². The molecule has 1 aliphatic heterocycles. The van der Waals surface area contributed by atoms with Gasteiger partial charge in [-0.3, -0.25) is 9.69 Å². The van der Waals surface area contributed by atoms with Crippen LogP contribution in [0.15, 0.2) is 6.07 Å². The van der Waals surface area contributed by atoms with Crippen molar-refractivity contribution < 1.29 is 9.59 Å². The van der Waals surface area contributed by atoms with Gasteiger partial charge in [-0.15, -0.1) is 0 Å². The maximum atomic E-state index is 12.5. The summed E-state index contributed by atoms with van der Waals surface area (Å²) >= 11 is 0. The van der Waals surface area contributed by atoms with Gasteiger partial charge in [0.15, 0.2) is 5.82 Å². The zero-order valence-corrected chi connectivity index (χ0v) is 11.3. The largest absolute Gasteiger partial charge is 0.384 e. The molecule has 20 heavy (non-hydrogen) atoms. The standard InChI is InChI=1S/C13H17N5O2/c1-8-6-9(14)16-10(15-8)7-18-11(19)13(17-12(18)20)4-2-3-5-13/h6H,2-5,7H2,1H3,(H,17,20)(H2,14,15,16). The molecular weight excluding hydrogens is 258 g/mol. The van der Waals surface area contributed by atoms with Crippen molar-refractivity contribution in [2.75, 3.05) is 5.73 Å². The number of aryl methyl sites for hydroxylation is 1. The molecule has 2 aliphatic rings. The highest BCUT2D eigenvalue weighted by atomic mass is 16.2. The fraction of sp³-hybridized carbons (Fsp3) is 0.538. The molecule has 7 heteroatoms. The molecule has 1 saturated carbocycles. The monoisotopic (exact) mass is 275 g/mol. The van der Waals surface area contributed by atoms with Gasteiger partial charge in [-0.05, 0) is 19.8 Å². The minimum absolute atomic E-state index is 0.0678. The van der Waals surface area contributed by atoms with Crippen molar-refractivity contribution >= 4 is 17.8 Å². The number of aromatic nitrogens is 2. The first-order valence-electron chi connectivity index (χ1n) is 6.74. The van der Waals surface area contributed by atoms with E-state index in [1.54, 1.807) is 13.0 Å². The van der Waals surface area contributed by atoms with E-state index in [4.69, 9.17) is 5.73 Å². The van der Waals surface area contributed by atoms with E-state index >= 15 is 0 Å². The van der Waals surface area contributed by atoms with Crippen LogP contribution in [0, 0.1) is 6.92 Å². The number of nitrogens with one attached hydrogen (secondary N) is 1. The minimum atomic E-state index is -0.688. The van der Waals surface area contributed by atoms with Crippen molar-refractivity contribution in [1.82, 2.24) is 20.2 Å². The molecule has 1 saturated heterocycles. The molecule has 3 amide bonds. The molecule has 3 N–H and O–H groups in total. The highest BCUT2D eigenvalue weighted by Crippen LogP contribution is 2.35. The lowest BCUT2D eigenvalue weighted by Crippen LogP contribution is -2.44. The molecule has 106 valence electrons. The summed E-state index contributed by atoms with van der Waals surface area (Å²) in [5, 5.41) is 2.83. The SMILES string of the molecule is Cc1cc(N)nc(CN2C(=O)NC3(CCCC3)C2=O)n1. The van der Waals surface area contributed by atoms with E-state index in [-0.39, 0.29) is 18.5 Å². The van der Waals surface area contributed by atoms with Crippen LogP contribution >= 0.6 is 0 Å². The Morgan fingerprint density at radius 2 is 2.05 bits per heavy atom. The van der Waals surface area contributed by atoms with Crippen LogP contribution in [0.5, 0.6) is 0 Å². The van der Waals surface area contributed by atoms with E-state index in [2.05, 4.69) is 15.3 Å².